The average Bonchev–Trinajstić information content (AvgIpc) is 2.44. The number of ether oxygens (including phenoxy) is 1. The molecule has 1 aliphatic heterocycles. The first-order valence-corrected chi connectivity index (χ1v) is 7.24. The number of methoxy groups -OCH3 is 1. The fraction of sp³-hybridized carbons (Fsp3) is 0.500. The lowest BCUT2D eigenvalue weighted by molar-refractivity contribution is -0.147. The zero-order valence-corrected chi connectivity index (χ0v) is 12.7. The number of carbonyl (C=O) groups excluding carboxylic acids is 1. The van der Waals surface area contributed by atoms with E-state index < -0.39 is 0 Å². The first kappa shape index (κ1) is 15.4. The second kappa shape index (κ2) is 6.66. The van der Waals surface area contributed by atoms with Crippen molar-refractivity contribution in [2.75, 3.05) is 20.2 Å². The van der Waals surface area contributed by atoms with Crippen molar-refractivity contribution in [1.29, 1.82) is 0 Å². The molecule has 0 saturated carbocycles. The topological polar surface area (TPSA) is 49.8 Å². The van der Waals surface area contributed by atoms with Crippen LogP contribution in [0.5, 0.6) is 5.75 Å². The van der Waals surface area contributed by atoms with Crippen LogP contribution in [0.15, 0.2) is 12.1 Å². The maximum absolute atomic E-state index is 11.5. The lowest BCUT2D eigenvalue weighted by atomic mass is 9.96. The van der Waals surface area contributed by atoms with Crippen LogP contribution >= 0.6 is 23.2 Å². The second-order valence-electron chi connectivity index (χ2n) is 4.97. The van der Waals surface area contributed by atoms with Crippen molar-refractivity contribution >= 4 is 29.2 Å². The van der Waals surface area contributed by atoms with Crippen molar-refractivity contribution in [3.8, 4) is 5.75 Å². The van der Waals surface area contributed by atoms with Crippen LogP contribution in [-0.4, -0.2) is 36.2 Å². The third-order valence-corrected chi connectivity index (χ3v) is 4.29. The Morgan fingerprint density at radius 2 is 2.00 bits per heavy atom. The summed E-state index contributed by atoms with van der Waals surface area (Å²) < 4.78 is 4.77. The van der Waals surface area contributed by atoms with Gasteiger partial charge in [0.25, 0.3) is 0 Å². The standard InChI is InChI=1S/C14H17Cl2NO3/c1-20-14(19)9-2-4-17(5-3-9)8-10-6-12(16)13(18)7-11(10)15/h6-7,9,18H,2-5,8H2,1H3. The largest absolute Gasteiger partial charge is 0.506 e. The Labute approximate surface area is 128 Å². The summed E-state index contributed by atoms with van der Waals surface area (Å²) in [6.45, 7) is 2.29. The van der Waals surface area contributed by atoms with E-state index in [4.69, 9.17) is 27.9 Å². The number of hydrogen-bond donors (Lipinski definition) is 1. The van der Waals surface area contributed by atoms with Crippen LogP contribution in [0.2, 0.25) is 10.0 Å². The first-order chi connectivity index (χ1) is 9.51. The molecule has 0 radical (unpaired) electrons. The molecule has 1 aromatic carbocycles. The fourth-order valence-corrected chi connectivity index (χ4v) is 2.84. The molecule has 1 heterocycles. The van der Waals surface area contributed by atoms with Crippen molar-refractivity contribution in [2.24, 2.45) is 5.92 Å². The monoisotopic (exact) mass is 317 g/mol. The smallest absolute Gasteiger partial charge is 0.308 e. The summed E-state index contributed by atoms with van der Waals surface area (Å²) in [5.74, 6) is -0.143. The van der Waals surface area contributed by atoms with Crippen LogP contribution in [0.1, 0.15) is 18.4 Å². The molecule has 4 nitrogen and oxygen atoms in total. The highest BCUT2D eigenvalue weighted by Crippen LogP contribution is 2.31. The van der Waals surface area contributed by atoms with Crippen molar-refractivity contribution in [3.05, 3.63) is 27.7 Å². The van der Waals surface area contributed by atoms with E-state index in [1.165, 1.54) is 13.2 Å². The Balaban J connectivity index is 1.96. The van der Waals surface area contributed by atoms with Crippen molar-refractivity contribution in [3.63, 3.8) is 0 Å². The molecule has 0 unspecified atom stereocenters. The van der Waals surface area contributed by atoms with Gasteiger partial charge in [0.2, 0.25) is 0 Å². The molecule has 20 heavy (non-hydrogen) atoms. The number of benzene rings is 1. The van der Waals surface area contributed by atoms with E-state index in [1.54, 1.807) is 6.07 Å². The number of halogens is 2. The summed E-state index contributed by atoms with van der Waals surface area (Å²) in [6, 6.07) is 3.14. The zero-order valence-electron chi connectivity index (χ0n) is 11.2. The van der Waals surface area contributed by atoms with Gasteiger partial charge in [-0.15, -0.1) is 0 Å². The van der Waals surface area contributed by atoms with Crippen LogP contribution in [0.4, 0.5) is 0 Å². The average molecular weight is 318 g/mol. The molecule has 0 amide bonds. The Hall–Kier alpha value is -0.970. The van der Waals surface area contributed by atoms with E-state index in [-0.39, 0.29) is 17.6 Å². The van der Waals surface area contributed by atoms with Gasteiger partial charge in [-0.1, -0.05) is 23.2 Å². The first-order valence-electron chi connectivity index (χ1n) is 6.48. The number of aromatic hydroxyl groups is 1. The molecular formula is C14H17Cl2NO3. The number of likely N-dealkylation sites (tertiary alicyclic amines) is 1. The molecule has 0 bridgehead atoms. The van der Waals surface area contributed by atoms with Gasteiger partial charge in [0.15, 0.2) is 0 Å². The van der Waals surface area contributed by atoms with E-state index in [0.717, 1.165) is 31.5 Å². The van der Waals surface area contributed by atoms with Crippen LogP contribution in [0, 0.1) is 5.92 Å². The van der Waals surface area contributed by atoms with Crippen LogP contribution in [0.25, 0.3) is 0 Å². The van der Waals surface area contributed by atoms with Gasteiger partial charge in [0, 0.05) is 17.6 Å². The van der Waals surface area contributed by atoms with E-state index in [2.05, 4.69) is 4.90 Å². The predicted molar refractivity (Wildman–Crippen MR) is 78.1 cm³/mol. The highest BCUT2D eigenvalue weighted by Gasteiger charge is 2.25. The number of carbonyl (C=O) groups is 1. The lowest BCUT2D eigenvalue weighted by Crippen LogP contribution is -2.36. The molecule has 0 spiro atoms. The molecular weight excluding hydrogens is 301 g/mol. The quantitative estimate of drug-likeness (QED) is 0.870. The fourth-order valence-electron chi connectivity index (χ4n) is 2.43. The normalized spacial score (nSPS) is 17.1. The number of nitrogens with zero attached hydrogens (tertiary/aromatic N) is 1. The molecule has 1 N–H and O–H groups in total. The number of phenolic OH excluding ortho intramolecular Hbond substituents is 1. The molecule has 1 aromatic rings. The molecule has 1 saturated heterocycles. The van der Waals surface area contributed by atoms with Crippen LogP contribution in [-0.2, 0) is 16.1 Å². The molecule has 1 fully saturated rings. The minimum atomic E-state index is -0.129. The molecule has 1 aliphatic rings. The van der Waals surface area contributed by atoms with Gasteiger partial charge in [-0.2, -0.15) is 0 Å². The van der Waals surface area contributed by atoms with Crippen molar-refractivity contribution in [2.45, 2.75) is 19.4 Å². The SMILES string of the molecule is COC(=O)C1CCN(Cc2cc(Cl)c(O)cc2Cl)CC1. The number of hydrogen-bond acceptors (Lipinski definition) is 4. The minimum absolute atomic E-state index is 0.00451. The predicted octanol–water partition coefficient (Wildman–Crippen LogP) is 3.08. The summed E-state index contributed by atoms with van der Waals surface area (Å²) in [7, 11) is 1.42. The Morgan fingerprint density at radius 1 is 1.35 bits per heavy atom. The van der Waals surface area contributed by atoms with Crippen molar-refractivity contribution in [1.82, 2.24) is 4.90 Å². The Bertz CT molecular complexity index is 499. The highest BCUT2D eigenvalue weighted by molar-refractivity contribution is 6.34. The maximum atomic E-state index is 11.5. The van der Waals surface area contributed by atoms with Gasteiger partial charge in [0.05, 0.1) is 18.1 Å². The summed E-state index contributed by atoms with van der Waals surface area (Å²) in [4.78, 5) is 13.7. The third-order valence-electron chi connectivity index (χ3n) is 3.63. The van der Waals surface area contributed by atoms with Gasteiger partial charge in [0.1, 0.15) is 5.75 Å². The number of esters is 1. The van der Waals surface area contributed by atoms with Gasteiger partial charge < -0.3 is 9.84 Å². The lowest BCUT2D eigenvalue weighted by Gasteiger charge is -2.30. The van der Waals surface area contributed by atoms with E-state index >= 15 is 0 Å². The van der Waals surface area contributed by atoms with Crippen LogP contribution in [0.3, 0.4) is 0 Å². The Morgan fingerprint density at radius 3 is 2.60 bits per heavy atom. The third kappa shape index (κ3) is 3.57. The zero-order chi connectivity index (χ0) is 14.7. The van der Waals surface area contributed by atoms with E-state index in [9.17, 15) is 9.90 Å². The van der Waals surface area contributed by atoms with Gasteiger partial charge >= 0.3 is 5.97 Å². The summed E-state index contributed by atoms with van der Waals surface area (Å²) in [5.41, 5.74) is 0.881. The van der Waals surface area contributed by atoms with Gasteiger partial charge in [-0.05, 0) is 37.6 Å². The molecule has 2 rings (SSSR count). The molecule has 0 aromatic heterocycles. The maximum Gasteiger partial charge on any atom is 0.308 e. The number of piperidine rings is 1. The number of phenols is 1. The van der Waals surface area contributed by atoms with Gasteiger partial charge in [-0.3, -0.25) is 9.69 Å². The molecule has 110 valence electrons. The highest BCUT2D eigenvalue weighted by atomic mass is 35.5. The second-order valence-corrected chi connectivity index (χ2v) is 5.78. The minimum Gasteiger partial charge on any atom is -0.506 e. The summed E-state index contributed by atoms with van der Waals surface area (Å²) in [5, 5.41) is 10.3. The molecule has 6 heteroatoms. The summed E-state index contributed by atoms with van der Waals surface area (Å²) in [6.07, 6.45) is 1.58. The molecule has 0 atom stereocenters. The van der Waals surface area contributed by atoms with E-state index in [1.807, 2.05) is 0 Å². The van der Waals surface area contributed by atoms with Crippen molar-refractivity contribution < 1.29 is 14.6 Å². The van der Waals surface area contributed by atoms with E-state index in [0.29, 0.717) is 16.6 Å². The molecule has 0 aliphatic carbocycles. The number of rotatable bonds is 3. The van der Waals surface area contributed by atoms with Gasteiger partial charge in [-0.25, -0.2) is 0 Å². The Kier molecular flexibility index (Phi) is 5.13. The van der Waals surface area contributed by atoms with Crippen LogP contribution < -0.4 is 0 Å². The summed E-state index contributed by atoms with van der Waals surface area (Å²) >= 11 is 12.0.